The number of anilines is 1. The molecule has 1 saturated carbocycles. The highest BCUT2D eigenvalue weighted by Gasteiger charge is 2.22. The number of benzene rings is 1. The van der Waals surface area contributed by atoms with Gasteiger partial charge in [0, 0.05) is 27.8 Å². The molecule has 0 amide bonds. The lowest BCUT2D eigenvalue weighted by atomic mass is 10.2. The summed E-state index contributed by atoms with van der Waals surface area (Å²) in [6, 6.07) is 8.39. The molecule has 0 atom stereocenters. The molecule has 118 valence electrons. The number of hydrogen-bond acceptors (Lipinski definition) is 7. The van der Waals surface area contributed by atoms with Crippen molar-refractivity contribution in [2.45, 2.75) is 29.0 Å². The summed E-state index contributed by atoms with van der Waals surface area (Å²) in [6.07, 6.45) is 2.49. The molecule has 1 aliphatic carbocycles. The van der Waals surface area contributed by atoms with Crippen LogP contribution in [0, 0.1) is 0 Å². The highest BCUT2D eigenvalue weighted by molar-refractivity contribution is 8.00. The van der Waals surface area contributed by atoms with Crippen molar-refractivity contribution < 1.29 is 0 Å². The largest absolute Gasteiger partial charge is 0.357 e. The average molecular weight is 381 g/mol. The highest BCUT2D eigenvalue weighted by atomic mass is 35.5. The smallest absolute Gasteiger partial charge is 0.206 e. The third kappa shape index (κ3) is 4.03. The molecule has 4 rings (SSSR count). The van der Waals surface area contributed by atoms with Gasteiger partial charge in [-0.3, -0.25) is 0 Å². The second kappa shape index (κ2) is 6.76. The van der Waals surface area contributed by atoms with Gasteiger partial charge >= 0.3 is 0 Å². The molecule has 0 bridgehead atoms. The van der Waals surface area contributed by atoms with E-state index in [1.54, 1.807) is 34.4 Å². The molecule has 1 aliphatic rings. The zero-order valence-electron chi connectivity index (χ0n) is 12.0. The van der Waals surface area contributed by atoms with E-state index in [-0.39, 0.29) is 0 Å². The van der Waals surface area contributed by atoms with Crippen LogP contribution in [0.25, 0.3) is 10.6 Å². The van der Waals surface area contributed by atoms with Crippen LogP contribution in [0.1, 0.15) is 18.5 Å². The summed E-state index contributed by atoms with van der Waals surface area (Å²) in [4.78, 5) is 4.69. The highest BCUT2D eigenvalue weighted by Crippen LogP contribution is 2.32. The lowest BCUT2D eigenvalue weighted by Crippen LogP contribution is -1.99. The number of rotatable bonds is 6. The van der Waals surface area contributed by atoms with E-state index in [4.69, 9.17) is 11.6 Å². The standard InChI is InChI=1S/C15H13ClN4S3/c16-10-3-1-9(2-4-10)13-17-12(7-21-13)8-22-15-20-19-14(23-15)18-11-5-6-11/h1-4,7,11H,5-6,8H2,(H,18,19). The fraction of sp³-hybridized carbons (Fsp3) is 0.267. The fourth-order valence-corrected chi connectivity index (χ4v) is 4.74. The van der Waals surface area contributed by atoms with Gasteiger partial charge in [0.1, 0.15) is 5.01 Å². The van der Waals surface area contributed by atoms with Gasteiger partial charge in [0.25, 0.3) is 0 Å². The molecule has 2 aromatic heterocycles. The Hall–Kier alpha value is -1.15. The van der Waals surface area contributed by atoms with Crippen molar-refractivity contribution in [2.75, 3.05) is 5.32 Å². The minimum Gasteiger partial charge on any atom is -0.357 e. The molecular formula is C15H13ClN4S3. The van der Waals surface area contributed by atoms with Crippen LogP contribution < -0.4 is 5.32 Å². The lowest BCUT2D eigenvalue weighted by molar-refractivity contribution is 0.994. The Morgan fingerprint density at radius 1 is 1.22 bits per heavy atom. The first-order valence-electron chi connectivity index (χ1n) is 7.19. The summed E-state index contributed by atoms with van der Waals surface area (Å²) in [7, 11) is 0. The maximum Gasteiger partial charge on any atom is 0.206 e. The summed E-state index contributed by atoms with van der Waals surface area (Å²) >= 11 is 10.9. The summed E-state index contributed by atoms with van der Waals surface area (Å²) in [5.41, 5.74) is 2.17. The van der Waals surface area contributed by atoms with Crippen LogP contribution in [0.4, 0.5) is 5.13 Å². The van der Waals surface area contributed by atoms with Gasteiger partial charge in [-0.25, -0.2) is 4.98 Å². The van der Waals surface area contributed by atoms with Gasteiger partial charge in [-0.2, -0.15) is 0 Å². The third-order valence-corrected chi connectivity index (χ3v) is 6.51. The molecule has 2 heterocycles. The third-order valence-electron chi connectivity index (χ3n) is 3.30. The van der Waals surface area contributed by atoms with Gasteiger partial charge < -0.3 is 5.32 Å². The van der Waals surface area contributed by atoms with Crippen LogP contribution >= 0.6 is 46.0 Å². The number of nitrogens with one attached hydrogen (secondary N) is 1. The van der Waals surface area contributed by atoms with E-state index in [9.17, 15) is 0 Å². The van der Waals surface area contributed by atoms with Gasteiger partial charge in [-0.1, -0.05) is 46.8 Å². The van der Waals surface area contributed by atoms with Gasteiger partial charge in [0.05, 0.1) is 5.69 Å². The van der Waals surface area contributed by atoms with Crippen molar-refractivity contribution in [3.8, 4) is 10.6 Å². The molecular weight excluding hydrogens is 368 g/mol. The molecule has 1 aromatic carbocycles. The summed E-state index contributed by atoms with van der Waals surface area (Å²) in [6.45, 7) is 0. The van der Waals surface area contributed by atoms with Crippen molar-refractivity contribution in [1.29, 1.82) is 0 Å². The predicted octanol–water partition coefficient (Wildman–Crippen LogP) is 5.18. The van der Waals surface area contributed by atoms with Gasteiger partial charge in [0.15, 0.2) is 4.34 Å². The zero-order valence-corrected chi connectivity index (χ0v) is 15.2. The first-order valence-corrected chi connectivity index (χ1v) is 10.3. The molecule has 3 aromatic rings. The molecule has 0 radical (unpaired) electrons. The van der Waals surface area contributed by atoms with Crippen LogP contribution in [0.5, 0.6) is 0 Å². The number of halogens is 1. The Labute approximate surface area is 151 Å². The van der Waals surface area contributed by atoms with Gasteiger partial charge in [-0.05, 0) is 25.0 Å². The maximum atomic E-state index is 5.92. The fourth-order valence-electron chi connectivity index (χ4n) is 1.96. The summed E-state index contributed by atoms with van der Waals surface area (Å²) in [5.74, 6) is 0.808. The predicted molar refractivity (Wildman–Crippen MR) is 98.7 cm³/mol. The van der Waals surface area contributed by atoms with Crippen LogP contribution in [-0.4, -0.2) is 21.2 Å². The van der Waals surface area contributed by atoms with E-state index in [0.717, 1.165) is 36.5 Å². The number of thioether (sulfide) groups is 1. The van der Waals surface area contributed by atoms with Crippen LogP contribution in [0.2, 0.25) is 5.02 Å². The second-order valence-corrected chi connectivity index (χ2v) is 8.73. The minimum atomic E-state index is 0.612. The molecule has 1 N–H and O–H groups in total. The minimum absolute atomic E-state index is 0.612. The van der Waals surface area contributed by atoms with Gasteiger partial charge in [-0.15, -0.1) is 21.5 Å². The Bertz CT molecular complexity index is 795. The SMILES string of the molecule is Clc1ccc(-c2nc(CSc3nnc(NC4CC4)s3)cs2)cc1. The van der Waals surface area contributed by atoms with Crippen LogP contribution in [-0.2, 0) is 5.75 Å². The Kier molecular flexibility index (Phi) is 4.52. The van der Waals surface area contributed by atoms with Crippen molar-refractivity contribution in [3.63, 3.8) is 0 Å². The molecule has 4 nitrogen and oxygen atoms in total. The summed E-state index contributed by atoms with van der Waals surface area (Å²) < 4.78 is 0.981. The van der Waals surface area contributed by atoms with Crippen molar-refractivity contribution in [1.82, 2.24) is 15.2 Å². The Morgan fingerprint density at radius 2 is 2.04 bits per heavy atom. The average Bonchev–Trinajstić information content (AvgIpc) is 3.07. The number of hydrogen-bond donors (Lipinski definition) is 1. The normalized spacial score (nSPS) is 14.1. The van der Waals surface area contributed by atoms with Gasteiger partial charge in [0.2, 0.25) is 5.13 Å². The number of thiazole rings is 1. The monoisotopic (exact) mass is 380 g/mol. The van der Waals surface area contributed by atoms with E-state index < -0.39 is 0 Å². The maximum absolute atomic E-state index is 5.92. The first-order chi connectivity index (χ1) is 11.3. The topological polar surface area (TPSA) is 50.7 Å². The van der Waals surface area contributed by atoms with E-state index in [1.807, 2.05) is 24.3 Å². The van der Waals surface area contributed by atoms with E-state index in [2.05, 4.69) is 25.9 Å². The lowest BCUT2D eigenvalue weighted by Gasteiger charge is -1.96. The van der Waals surface area contributed by atoms with E-state index in [0.29, 0.717) is 6.04 Å². The number of aromatic nitrogens is 3. The number of nitrogens with zero attached hydrogens (tertiary/aromatic N) is 3. The van der Waals surface area contributed by atoms with Crippen LogP contribution in [0.15, 0.2) is 34.0 Å². The summed E-state index contributed by atoms with van der Waals surface area (Å²) in [5, 5.41) is 16.6. The molecule has 1 fully saturated rings. The Balaban J connectivity index is 1.37. The molecule has 0 spiro atoms. The molecule has 23 heavy (non-hydrogen) atoms. The van der Waals surface area contributed by atoms with Crippen molar-refractivity contribution in [2.24, 2.45) is 0 Å². The van der Waals surface area contributed by atoms with E-state index in [1.165, 1.54) is 12.8 Å². The van der Waals surface area contributed by atoms with Crippen molar-refractivity contribution in [3.05, 3.63) is 40.4 Å². The molecule has 0 saturated heterocycles. The Morgan fingerprint density at radius 3 is 2.83 bits per heavy atom. The molecule has 8 heteroatoms. The van der Waals surface area contributed by atoms with E-state index >= 15 is 0 Å². The molecule has 0 aliphatic heterocycles. The zero-order chi connectivity index (χ0) is 15.6. The first kappa shape index (κ1) is 15.4. The van der Waals surface area contributed by atoms with Crippen molar-refractivity contribution >= 4 is 51.2 Å². The van der Waals surface area contributed by atoms with Crippen LogP contribution in [0.3, 0.4) is 0 Å². The quantitative estimate of drug-likeness (QED) is 0.597. The second-order valence-electron chi connectivity index (χ2n) is 5.23. The molecule has 0 unspecified atom stereocenters.